The zero-order valence-corrected chi connectivity index (χ0v) is 19.9. The Morgan fingerprint density at radius 3 is 2.38 bits per heavy atom. The molecule has 5 aromatic rings. The summed E-state index contributed by atoms with van der Waals surface area (Å²) in [6.45, 7) is 9.09. The van der Waals surface area contributed by atoms with Gasteiger partial charge in [0.2, 0.25) is 5.69 Å². The summed E-state index contributed by atoms with van der Waals surface area (Å²) in [6.07, 6.45) is 2.21. The van der Waals surface area contributed by atoms with Crippen LogP contribution in [0.2, 0.25) is 0 Å². The van der Waals surface area contributed by atoms with E-state index in [-0.39, 0.29) is 5.41 Å². The second-order valence-corrected chi connectivity index (χ2v) is 10.4. The summed E-state index contributed by atoms with van der Waals surface area (Å²) in [4.78, 5) is 0. The molecule has 1 aliphatic rings. The lowest BCUT2D eigenvalue weighted by Gasteiger charge is -2.33. The topological polar surface area (TPSA) is 13.1 Å². The first-order valence-corrected chi connectivity index (χ1v) is 11.9. The highest BCUT2D eigenvalue weighted by atomic mass is 32.1. The van der Waals surface area contributed by atoms with Crippen molar-refractivity contribution in [3.8, 4) is 22.1 Å². The molecule has 3 heteroatoms. The Hall–Kier alpha value is -3.17. The molecule has 0 spiro atoms. The largest absolute Gasteiger partial charge is 0.446 e. The molecule has 2 nitrogen and oxygen atoms in total. The molecule has 0 fully saturated rings. The van der Waals surface area contributed by atoms with Crippen LogP contribution in [-0.4, -0.2) is 0 Å². The molecule has 6 rings (SSSR count). The molecule has 0 bridgehead atoms. The Bertz CT molecular complexity index is 1560. The van der Waals surface area contributed by atoms with Crippen LogP contribution < -0.4 is 9.30 Å². The number of aryl methyl sites for hydroxylation is 3. The van der Waals surface area contributed by atoms with Crippen molar-refractivity contribution in [1.82, 2.24) is 0 Å². The van der Waals surface area contributed by atoms with Gasteiger partial charge in [-0.2, -0.15) is 0 Å². The summed E-state index contributed by atoms with van der Waals surface area (Å²) in [6, 6.07) is 21.8. The molecule has 3 heterocycles. The number of ether oxygens (including phenoxy) is 1. The Balaban J connectivity index is 1.83. The van der Waals surface area contributed by atoms with Gasteiger partial charge in [-0.15, -0.1) is 0 Å². The van der Waals surface area contributed by atoms with E-state index in [9.17, 15) is 0 Å². The Labute approximate surface area is 192 Å². The third-order valence-electron chi connectivity index (χ3n) is 7.00. The molecule has 0 saturated carbocycles. The maximum Gasteiger partial charge on any atom is 0.213 e. The van der Waals surface area contributed by atoms with Crippen LogP contribution >= 0.6 is 11.3 Å². The number of rotatable bonds is 1. The number of hydrogen-bond acceptors (Lipinski definition) is 2. The predicted octanol–water partition coefficient (Wildman–Crippen LogP) is 7.59. The van der Waals surface area contributed by atoms with Crippen molar-refractivity contribution >= 4 is 32.2 Å². The quantitative estimate of drug-likeness (QED) is 0.247. The van der Waals surface area contributed by atoms with Gasteiger partial charge in [-0.05, 0) is 42.3 Å². The molecule has 0 amide bonds. The fourth-order valence-electron chi connectivity index (χ4n) is 5.44. The highest BCUT2D eigenvalue weighted by Gasteiger charge is 2.39. The monoisotopic (exact) mass is 436 g/mol. The molecule has 0 N–H and O–H groups in total. The van der Waals surface area contributed by atoms with Crippen LogP contribution in [0.25, 0.3) is 32.1 Å². The van der Waals surface area contributed by atoms with E-state index < -0.39 is 0 Å². The smallest absolute Gasteiger partial charge is 0.213 e. The van der Waals surface area contributed by atoms with Crippen molar-refractivity contribution in [3.63, 3.8) is 0 Å². The van der Waals surface area contributed by atoms with E-state index >= 15 is 0 Å². The molecule has 3 aromatic carbocycles. The summed E-state index contributed by atoms with van der Waals surface area (Å²) < 4.78 is 10.1. The minimum atomic E-state index is -0.157. The zero-order valence-electron chi connectivity index (χ0n) is 19.1. The van der Waals surface area contributed by atoms with Gasteiger partial charge in [0.15, 0.2) is 11.3 Å². The first kappa shape index (κ1) is 19.5. The van der Waals surface area contributed by atoms with Crippen molar-refractivity contribution < 1.29 is 9.30 Å². The lowest BCUT2D eigenvalue weighted by atomic mass is 9.74. The number of benzene rings is 3. The van der Waals surface area contributed by atoms with Crippen molar-refractivity contribution in [2.45, 2.75) is 33.1 Å². The van der Waals surface area contributed by atoms with Gasteiger partial charge in [0, 0.05) is 38.3 Å². The third-order valence-corrected chi connectivity index (χ3v) is 8.10. The summed E-state index contributed by atoms with van der Waals surface area (Å²) in [5, 5.41) is 4.97. The van der Waals surface area contributed by atoms with Crippen LogP contribution in [0.4, 0.5) is 0 Å². The Morgan fingerprint density at radius 1 is 0.875 bits per heavy atom. The van der Waals surface area contributed by atoms with E-state index in [2.05, 4.69) is 106 Å². The molecule has 0 atom stereocenters. The minimum absolute atomic E-state index is 0.157. The van der Waals surface area contributed by atoms with Crippen molar-refractivity contribution in [2.75, 3.05) is 0 Å². The number of nitrogens with zero attached hydrogens (tertiary/aromatic N) is 1. The van der Waals surface area contributed by atoms with Crippen molar-refractivity contribution in [3.05, 3.63) is 89.1 Å². The first-order chi connectivity index (χ1) is 15.4. The standard InChI is InChI=1S/C29H26NOS/c1-17-14-15-22(30(5)16-17)24-18(2)19-10-6-7-11-20(19)27-25(24)26-28(32-27)31-23-13-9-8-12-21(23)29(26,3)4/h6-16H,1-5H3/q+1. The highest BCUT2D eigenvalue weighted by Crippen LogP contribution is 2.57. The molecule has 2 aromatic heterocycles. The zero-order chi connectivity index (χ0) is 22.2. The molecular formula is C29H26NOS+. The summed E-state index contributed by atoms with van der Waals surface area (Å²) in [7, 11) is 2.15. The van der Waals surface area contributed by atoms with Crippen LogP contribution in [0.15, 0.2) is 66.9 Å². The molecular weight excluding hydrogens is 410 g/mol. The maximum absolute atomic E-state index is 6.54. The second-order valence-electron chi connectivity index (χ2n) is 9.44. The van der Waals surface area contributed by atoms with Gasteiger partial charge in [-0.3, -0.25) is 0 Å². The van der Waals surface area contributed by atoms with E-state index in [1.165, 1.54) is 54.4 Å². The molecule has 0 unspecified atom stereocenters. The van der Waals surface area contributed by atoms with Gasteiger partial charge in [0.25, 0.3) is 0 Å². The maximum atomic E-state index is 6.54. The van der Waals surface area contributed by atoms with Crippen LogP contribution in [0.5, 0.6) is 10.8 Å². The fraction of sp³-hybridized carbons (Fsp3) is 0.207. The van der Waals surface area contributed by atoms with Crippen LogP contribution in [-0.2, 0) is 12.5 Å². The number of aromatic nitrogens is 1. The average Bonchev–Trinajstić information content (AvgIpc) is 3.15. The molecule has 0 aliphatic carbocycles. The Morgan fingerprint density at radius 2 is 1.59 bits per heavy atom. The summed E-state index contributed by atoms with van der Waals surface area (Å²) in [5.74, 6) is 0.972. The second kappa shape index (κ2) is 6.66. The van der Waals surface area contributed by atoms with E-state index in [0.29, 0.717) is 0 Å². The van der Waals surface area contributed by atoms with E-state index in [1.807, 2.05) is 0 Å². The minimum Gasteiger partial charge on any atom is -0.446 e. The SMILES string of the molecule is Cc1ccc(-c2c(C)c3ccccc3c3sc4c(c23)C(C)(C)c2ccccc2O4)[n+](C)c1. The number of fused-ring (bicyclic) bond motifs is 6. The number of thiophene rings is 1. The summed E-state index contributed by atoms with van der Waals surface area (Å²) >= 11 is 1.79. The van der Waals surface area contributed by atoms with E-state index in [4.69, 9.17) is 4.74 Å². The lowest BCUT2D eigenvalue weighted by molar-refractivity contribution is -0.660. The molecule has 1 aliphatic heterocycles. The van der Waals surface area contributed by atoms with Gasteiger partial charge in [-0.1, -0.05) is 67.6 Å². The fourth-order valence-corrected chi connectivity index (χ4v) is 6.81. The Kier molecular flexibility index (Phi) is 4.06. The van der Waals surface area contributed by atoms with E-state index in [0.717, 1.165) is 10.8 Å². The molecule has 0 saturated heterocycles. The first-order valence-electron chi connectivity index (χ1n) is 11.1. The predicted molar refractivity (Wildman–Crippen MR) is 134 cm³/mol. The van der Waals surface area contributed by atoms with Crippen LogP contribution in [0.1, 0.15) is 36.1 Å². The molecule has 158 valence electrons. The third kappa shape index (κ3) is 2.55. The molecule has 0 radical (unpaired) electrons. The molecule has 32 heavy (non-hydrogen) atoms. The number of pyridine rings is 1. The summed E-state index contributed by atoms with van der Waals surface area (Å²) in [5.41, 5.74) is 7.53. The normalized spacial score (nSPS) is 14.3. The van der Waals surface area contributed by atoms with Gasteiger partial charge in [-0.25, -0.2) is 4.57 Å². The van der Waals surface area contributed by atoms with Crippen molar-refractivity contribution in [2.24, 2.45) is 7.05 Å². The van der Waals surface area contributed by atoms with Gasteiger partial charge >= 0.3 is 0 Å². The lowest BCUT2D eigenvalue weighted by Crippen LogP contribution is -2.31. The van der Waals surface area contributed by atoms with Gasteiger partial charge in [0.05, 0.1) is 5.56 Å². The van der Waals surface area contributed by atoms with E-state index in [1.54, 1.807) is 11.3 Å². The number of hydrogen-bond donors (Lipinski definition) is 0. The van der Waals surface area contributed by atoms with Gasteiger partial charge < -0.3 is 4.74 Å². The highest BCUT2D eigenvalue weighted by molar-refractivity contribution is 7.22. The van der Waals surface area contributed by atoms with Crippen molar-refractivity contribution in [1.29, 1.82) is 0 Å². The van der Waals surface area contributed by atoms with Crippen LogP contribution in [0.3, 0.4) is 0 Å². The van der Waals surface area contributed by atoms with Gasteiger partial charge in [0.1, 0.15) is 12.8 Å². The number of para-hydroxylation sites is 1. The average molecular weight is 437 g/mol. The van der Waals surface area contributed by atoms with Crippen LogP contribution in [0, 0.1) is 13.8 Å².